The van der Waals surface area contributed by atoms with E-state index in [-0.39, 0.29) is 10.6 Å². The van der Waals surface area contributed by atoms with Gasteiger partial charge < -0.3 is 16.0 Å². The topological polar surface area (TPSA) is 75.4 Å². The van der Waals surface area contributed by atoms with Gasteiger partial charge in [0.1, 0.15) is 11.0 Å². The standard InChI is InChI=1S/C14H15N3O2S/c1-17(2)9-5-3-8(4-6-9)7-10-12(18)11(15)14(20)16-13(10)19/h3-7,11H,15H2,1-2H3,(H,16,19,20)/b10-7+/t11-/m0/s1. The van der Waals surface area contributed by atoms with Gasteiger partial charge in [-0.25, -0.2) is 0 Å². The summed E-state index contributed by atoms with van der Waals surface area (Å²) in [6.07, 6.45) is 1.53. The minimum Gasteiger partial charge on any atom is -0.378 e. The van der Waals surface area contributed by atoms with Gasteiger partial charge in [-0.05, 0) is 23.8 Å². The molecular weight excluding hydrogens is 274 g/mol. The minimum atomic E-state index is -0.949. The maximum absolute atomic E-state index is 12.0. The number of ketones is 1. The van der Waals surface area contributed by atoms with Gasteiger partial charge in [0, 0.05) is 19.8 Å². The van der Waals surface area contributed by atoms with E-state index < -0.39 is 17.7 Å². The van der Waals surface area contributed by atoms with Gasteiger partial charge in [0.2, 0.25) is 0 Å². The number of nitrogens with two attached hydrogens (primary N) is 1. The molecule has 0 saturated carbocycles. The summed E-state index contributed by atoms with van der Waals surface area (Å²) < 4.78 is 0. The molecule has 104 valence electrons. The van der Waals surface area contributed by atoms with Crippen molar-refractivity contribution < 1.29 is 9.59 Å². The van der Waals surface area contributed by atoms with E-state index in [1.54, 1.807) is 0 Å². The molecule has 1 aromatic carbocycles. The van der Waals surface area contributed by atoms with Crippen molar-refractivity contribution in [3.8, 4) is 0 Å². The second kappa shape index (κ2) is 5.52. The van der Waals surface area contributed by atoms with Crippen LogP contribution in [-0.2, 0) is 9.59 Å². The summed E-state index contributed by atoms with van der Waals surface area (Å²) in [6, 6.07) is 6.53. The predicted octanol–water partition coefficient (Wildman–Crippen LogP) is 0.490. The summed E-state index contributed by atoms with van der Waals surface area (Å²) in [5.74, 6) is -0.950. The number of nitrogens with zero attached hydrogens (tertiary/aromatic N) is 1. The molecule has 0 unspecified atom stereocenters. The van der Waals surface area contributed by atoms with Crippen LogP contribution in [0.3, 0.4) is 0 Å². The molecule has 2 rings (SSSR count). The molecule has 1 aliphatic rings. The number of rotatable bonds is 2. The van der Waals surface area contributed by atoms with Gasteiger partial charge in [0.05, 0.1) is 5.57 Å². The Bertz CT molecular complexity index is 605. The molecule has 1 heterocycles. The molecule has 0 spiro atoms. The number of hydrogen-bond acceptors (Lipinski definition) is 5. The van der Waals surface area contributed by atoms with Crippen LogP contribution >= 0.6 is 12.2 Å². The highest BCUT2D eigenvalue weighted by Gasteiger charge is 2.33. The van der Waals surface area contributed by atoms with E-state index in [9.17, 15) is 9.59 Å². The van der Waals surface area contributed by atoms with Crippen LogP contribution in [-0.4, -0.2) is 36.8 Å². The average Bonchev–Trinajstić information content (AvgIpc) is 2.42. The van der Waals surface area contributed by atoms with E-state index >= 15 is 0 Å². The van der Waals surface area contributed by atoms with Crippen LogP contribution in [0.5, 0.6) is 0 Å². The summed E-state index contributed by atoms with van der Waals surface area (Å²) in [5, 5.41) is 2.43. The van der Waals surface area contributed by atoms with Gasteiger partial charge >= 0.3 is 0 Å². The van der Waals surface area contributed by atoms with Crippen LogP contribution in [0.15, 0.2) is 29.8 Å². The summed E-state index contributed by atoms with van der Waals surface area (Å²) in [6.45, 7) is 0. The molecule has 1 atom stereocenters. The number of carbonyl (C=O) groups excluding carboxylic acids is 2. The van der Waals surface area contributed by atoms with Crippen molar-refractivity contribution in [2.24, 2.45) is 5.73 Å². The number of carbonyl (C=O) groups is 2. The van der Waals surface area contributed by atoms with Gasteiger partial charge in [-0.3, -0.25) is 9.59 Å². The summed E-state index contributed by atoms with van der Waals surface area (Å²) in [5.41, 5.74) is 7.46. The summed E-state index contributed by atoms with van der Waals surface area (Å²) >= 11 is 4.84. The maximum Gasteiger partial charge on any atom is 0.259 e. The molecule has 6 heteroatoms. The van der Waals surface area contributed by atoms with Crippen molar-refractivity contribution in [3.63, 3.8) is 0 Å². The number of Topliss-reactive ketones (excluding diaryl/α,β-unsaturated/α-hetero) is 1. The Morgan fingerprint density at radius 2 is 1.85 bits per heavy atom. The smallest absolute Gasteiger partial charge is 0.259 e. The number of benzene rings is 1. The zero-order valence-electron chi connectivity index (χ0n) is 11.2. The Labute approximate surface area is 122 Å². The Hall–Kier alpha value is -2.05. The molecule has 20 heavy (non-hydrogen) atoms. The third-order valence-corrected chi connectivity index (χ3v) is 3.39. The number of nitrogens with one attached hydrogen (secondary N) is 1. The lowest BCUT2D eigenvalue weighted by Gasteiger charge is -2.20. The second-order valence-corrected chi connectivity index (χ2v) is 5.14. The largest absolute Gasteiger partial charge is 0.378 e. The number of thiocarbonyl (C=S) groups is 1. The van der Waals surface area contributed by atoms with Crippen LogP contribution in [0.25, 0.3) is 6.08 Å². The van der Waals surface area contributed by atoms with E-state index in [2.05, 4.69) is 5.32 Å². The molecule has 3 N–H and O–H groups in total. The first-order chi connectivity index (χ1) is 9.40. The van der Waals surface area contributed by atoms with E-state index in [1.807, 2.05) is 43.3 Å². The minimum absolute atomic E-state index is 0.0312. The molecule has 1 amide bonds. The Kier molecular flexibility index (Phi) is 3.96. The first-order valence-corrected chi connectivity index (χ1v) is 6.45. The number of piperidine rings is 1. The van der Waals surface area contributed by atoms with Crippen molar-refractivity contribution in [1.82, 2.24) is 5.32 Å². The highest BCUT2D eigenvalue weighted by molar-refractivity contribution is 7.80. The number of hydrogen-bond donors (Lipinski definition) is 2. The third kappa shape index (κ3) is 2.76. The molecule has 1 aromatic rings. The average molecular weight is 289 g/mol. The van der Waals surface area contributed by atoms with Crippen LogP contribution in [0.4, 0.5) is 5.69 Å². The first-order valence-electron chi connectivity index (χ1n) is 6.04. The molecule has 0 aliphatic carbocycles. The predicted molar refractivity (Wildman–Crippen MR) is 82.5 cm³/mol. The van der Waals surface area contributed by atoms with Gasteiger partial charge in [0.25, 0.3) is 5.91 Å². The number of amides is 1. The van der Waals surface area contributed by atoms with Crippen molar-refractivity contribution >= 4 is 40.7 Å². The zero-order valence-corrected chi connectivity index (χ0v) is 12.0. The lowest BCUT2D eigenvalue weighted by Crippen LogP contribution is -2.54. The molecule has 1 aliphatic heterocycles. The van der Waals surface area contributed by atoms with Crippen molar-refractivity contribution in [1.29, 1.82) is 0 Å². The van der Waals surface area contributed by atoms with Gasteiger partial charge in [-0.2, -0.15) is 0 Å². The fraction of sp³-hybridized carbons (Fsp3) is 0.214. The van der Waals surface area contributed by atoms with E-state index in [0.717, 1.165) is 11.3 Å². The highest BCUT2D eigenvalue weighted by atomic mass is 32.1. The quantitative estimate of drug-likeness (QED) is 0.471. The summed E-state index contributed by atoms with van der Waals surface area (Å²) in [7, 11) is 3.87. The normalized spacial score (nSPS) is 21.1. The fourth-order valence-corrected chi connectivity index (χ4v) is 2.03. The van der Waals surface area contributed by atoms with Crippen LogP contribution in [0.1, 0.15) is 5.56 Å². The van der Waals surface area contributed by atoms with E-state index in [0.29, 0.717) is 0 Å². The van der Waals surface area contributed by atoms with Crippen molar-refractivity contribution in [3.05, 3.63) is 35.4 Å². The van der Waals surface area contributed by atoms with Crippen LogP contribution < -0.4 is 16.0 Å². The lowest BCUT2D eigenvalue weighted by atomic mass is 9.97. The molecule has 0 radical (unpaired) electrons. The molecule has 5 nitrogen and oxygen atoms in total. The zero-order chi connectivity index (χ0) is 14.9. The monoisotopic (exact) mass is 289 g/mol. The Morgan fingerprint density at radius 1 is 1.25 bits per heavy atom. The first kappa shape index (κ1) is 14.4. The molecular formula is C14H15N3O2S. The van der Waals surface area contributed by atoms with E-state index in [4.69, 9.17) is 18.0 Å². The van der Waals surface area contributed by atoms with Crippen molar-refractivity contribution in [2.75, 3.05) is 19.0 Å². The molecule has 0 aromatic heterocycles. The van der Waals surface area contributed by atoms with Crippen LogP contribution in [0.2, 0.25) is 0 Å². The molecule has 1 fully saturated rings. The summed E-state index contributed by atoms with van der Waals surface area (Å²) in [4.78, 5) is 25.8. The SMILES string of the molecule is CN(C)c1ccc(/C=C2/C(=O)NC(=S)[C@@H](N)C2=O)cc1. The molecule has 0 bridgehead atoms. The van der Waals surface area contributed by atoms with Gasteiger partial charge in [-0.1, -0.05) is 24.4 Å². The number of anilines is 1. The third-order valence-electron chi connectivity index (χ3n) is 3.03. The maximum atomic E-state index is 12.0. The Balaban J connectivity index is 2.31. The lowest BCUT2D eigenvalue weighted by molar-refractivity contribution is -0.122. The van der Waals surface area contributed by atoms with Crippen LogP contribution in [0, 0.1) is 0 Å². The second-order valence-electron chi connectivity index (χ2n) is 4.70. The Morgan fingerprint density at radius 3 is 2.40 bits per heavy atom. The fourth-order valence-electron chi connectivity index (χ4n) is 1.83. The van der Waals surface area contributed by atoms with E-state index in [1.165, 1.54) is 6.08 Å². The van der Waals surface area contributed by atoms with Gasteiger partial charge in [-0.15, -0.1) is 0 Å². The van der Waals surface area contributed by atoms with Crippen molar-refractivity contribution in [2.45, 2.75) is 6.04 Å². The highest BCUT2D eigenvalue weighted by Crippen LogP contribution is 2.17. The molecule has 1 saturated heterocycles. The van der Waals surface area contributed by atoms with Gasteiger partial charge in [0.15, 0.2) is 5.78 Å².